The van der Waals surface area contributed by atoms with E-state index in [1.807, 2.05) is 27.7 Å². The first-order valence-corrected chi connectivity index (χ1v) is 7.66. The first-order valence-electron chi connectivity index (χ1n) is 7.66. The zero-order chi connectivity index (χ0) is 15.2. The molecule has 0 spiro atoms. The largest absolute Gasteiger partial charge is 0.444 e. The zero-order valence-electron chi connectivity index (χ0n) is 13.2. The van der Waals surface area contributed by atoms with E-state index in [-0.39, 0.29) is 18.2 Å². The number of hydrogen-bond donors (Lipinski definition) is 3. The van der Waals surface area contributed by atoms with Crippen LogP contribution < -0.4 is 10.6 Å². The van der Waals surface area contributed by atoms with Gasteiger partial charge in [0.2, 0.25) is 0 Å². The molecular weight excluding hydrogens is 256 g/mol. The second-order valence-electron chi connectivity index (χ2n) is 6.80. The van der Waals surface area contributed by atoms with Crippen molar-refractivity contribution in [2.45, 2.75) is 71.1 Å². The van der Waals surface area contributed by atoms with E-state index in [2.05, 4.69) is 10.6 Å². The number of amides is 1. The maximum atomic E-state index is 11.5. The topological polar surface area (TPSA) is 70.6 Å². The first-order chi connectivity index (χ1) is 9.28. The van der Waals surface area contributed by atoms with Gasteiger partial charge in [-0.2, -0.15) is 0 Å². The highest BCUT2D eigenvalue weighted by Crippen LogP contribution is 2.23. The van der Waals surface area contributed by atoms with Gasteiger partial charge >= 0.3 is 6.09 Å². The van der Waals surface area contributed by atoms with Crippen LogP contribution in [0.5, 0.6) is 0 Å². The third-order valence-electron chi connectivity index (χ3n) is 3.55. The molecule has 5 nitrogen and oxygen atoms in total. The van der Waals surface area contributed by atoms with Crippen LogP contribution in [0.4, 0.5) is 4.79 Å². The molecule has 118 valence electrons. The van der Waals surface area contributed by atoms with Crippen LogP contribution in [-0.4, -0.2) is 42.0 Å². The Kier molecular flexibility index (Phi) is 6.76. The Morgan fingerprint density at radius 3 is 2.60 bits per heavy atom. The van der Waals surface area contributed by atoms with Gasteiger partial charge in [-0.1, -0.05) is 12.8 Å². The van der Waals surface area contributed by atoms with Crippen molar-refractivity contribution in [3.05, 3.63) is 0 Å². The van der Waals surface area contributed by atoms with Gasteiger partial charge in [-0.3, -0.25) is 0 Å². The fourth-order valence-electron chi connectivity index (χ4n) is 2.40. The van der Waals surface area contributed by atoms with E-state index in [0.29, 0.717) is 12.5 Å². The lowest BCUT2D eigenvalue weighted by atomic mass is 9.86. The van der Waals surface area contributed by atoms with Gasteiger partial charge in [0.1, 0.15) is 5.60 Å². The number of nitrogens with one attached hydrogen (secondary N) is 2. The molecule has 0 bridgehead atoms. The summed E-state index contributed by atoms with van der Waals surface area (Å²) < 4.78 is 5.18. The highest BCUT2D eigenvalue weighted by atomic mass is 16.6. The lowest BCUT2D eigenvalue weighted by molar-refractivity contribution is 0.0516. The van der Waals surface area contributed by atoms with Crippen LogP contribution in [0, 0.1) is 5.92 Å². The average Bonchev–Trinajstić information content (AvgIpc) is 2.33. The molecule has 20 heavy (non-hydrogen) atoms. The van der Waals surface area contributed by atoms with Crippen molar-refractivity contribution in [1.82, 2.24) is 10.6 Å². The minimum absolute atomic E-state index is 0.164. The third-order valence-corrected chi connectivity index (χ3v) is 3.55. The Labute approximate surface area is 122 Å². The van der Waals surface area contributed by atoms with Gasteiger partial charge in [0.15, 0.2) is 0 Å². The summed E-state index contributed by atoms with van der Waals surface area (Å²) in [6.07, 6.45) is 3.77. The molecule has 1 amide bonds. The Morgan fingerprint density at radius 1 is 1.35 bits per heavy atom. The number of ether oxygens (including phenoxy) is 1. The van der Waals surface area contributed by atoms with Gasteiger partial charge in [-0.15, -0.1) is 0 Å². The molecule has 0 aromatic rings. The van der Waals surface area contributed by atoms with Crippen LogP contribution in [0.2, 0.25) is 0 Å². The Hall–Kier alpha value is -0.810. The van der Waals surface area contributed by atoms with Crippen LogP contribution in [0.25, 0.3) is 0 Å². The second kappa shape index (κ2) is 7.84. The molecule has 1 rings (SSSR count). The van der Waals surface area contributed by atoms with E-state index >= 15 is 0 Å². The summed E-state index contributed by atoms with van der Waals surface area (Å²) >= 11 is 0. The smallest absolute Gasteiger partial charge is 0.407 e. The first kappa shape index (κ1) is 17.2. The zero-order valence-corrected chi connectivity index (χ0v) is 13.2. The van der Waals surface area contributed by atoms with Crippen molar-refractivity contribution >= 4 is 6.09 Å². The fraction of sp³-hybridized carbons (Fsp3) is 0.933. The number of rotatable bonds is 5. The minimum Gasteiger partial charge on any atom is -0.444 e. The minimum atomic E-state index is -0.465. The second-order valence-corrected chi connectivity index (χ2v) is 6.80. The summed E-state index contributed by atoms with van der Waals surface area (Å²) in [5.41, 5.74) is -0.465. The molecule has 0 aliphatic heterocycles. The number of aliphatic hydroxyl groups excluding tert-OH is 1. The van der Waals surface area contributed by atoms with Crippen LogP contribution in [0.3, 0.4) is 0 Å². The normalized spacial score (nSPS) is 25.1. The van der Waals surface area contributed by atoms with Gasteiger partial charge in [-0.05, 0) is 46.5 Å². The van der Waals surface area contributed by atoms with E-state index in [1.54, 1.807) is 0 Å². The number of alkyl carbamates (subject to hydrolysis) is 1. The quantitative estimate of drug-likeness (QED) is 0.723. The standard InChI is InChI=1S/C15H30N2O3/c1-11(9-17-14(19)20-15(2,3)4)16-10-12-7-5-6-8-13(12)18/h11-13,16,18H,5-10H2,1-4H3,(H,17,19). The van der Waals surface area contributed by atoms with Gasteiger partial charge < -0.3 is 20.5 Å². The van der Waals surface area contributed by atoms with Crippen LogP contribution in [0.1, 0.15) is 53.4 Å². The molecular formula is C15H30N2O3. The van der Waals surface area contributed by atoms with Gasteiger partial charge in [0.25, 0.3) is 0 Å². The summed E-state index contributed by atoms with van der Waals surface area (Å²) in [5.74, 6) is 0.340. The van der Waals surface area contributed by atoms with Crippen molar-refractivity contribution in [1.29, 1.82) is 0 Å². The van der Waals surface area contributed by atoms with E-state index in [9.17, 15) is 9.90 Å². The average molecular weight is 286 g/mol. The maximum absolute atomic E-state index is 11.5. The lowest BCUT2D eigenvalue weighted by Crippen LogP contribution is -2.44. The number of aliphatic hydroxyl groups is 1. The molecule has 0 aromatic heterocycles. The van der Waals surface area contributed by atoms with Crippen LogP contribution >= 0.6 is 0 Å². The summed E-state index contributed by atoms with van der Waals surface area (Å²) in [6.45, 7) is 8.89. The lowest BCUT2D eigenvalue weighted by Gasteiger charge is -2.29. The van der Waals surface area contributed by atoms with Gasteiger partial charge in [-0.25, -0.2) is 4.79 Å². The van der Waals surface area contributed by atoms with E-state index in [1.165, 1.54) is 6.42 Å². The Balaban J connectivity index is 2.16. The molecule has 1 saturated carbocycles. The molecule has 5 heteroatoms. The van der Waals surface area contributed by atoms with Crippen LogP contribution in [-0.2, 0) is 4.74 Å². The molecule has 3 atom stereocenters. The van der Waals surface area contributed by atoms with E-state index in [4.69, 9.17) is 4.74 Å². The van der Waals surface area contributed by atoms with E-state index < -0.39 is 5.60 Å². The molecule has 0 aromatic carbocycles. The molecule has 1 aliphatic carbocycles. The monoisotopic (exact) mass is 286 g/mol. The van der Waals surface area contributed by atoms with Gasteiger partial charge in [0.05, 0.1) is 6.10 Å². The van der Waals surface area contributed by atoms with Crippen molar-refractivity contribution < 1.29 is 14.6 Å². The van der Waals surface area contributed by atoms with E-state index in [0.717, 1.165) is 25.8 Å². The molecule has 3 unspecified atom stereocenters. The van der Waals surface area contributed by atoms with Crippen LogP contribution in [0.15, 0.2) is 0 Å². The molecule has 1 fully saturated rings. The molecule has 0 radical (unpaired) electrons. The highest BCUT2D eigenvalue weighted by Gasteiger charge is 2.23. The molecule has 0 heterocycles. The third kappa shape index (κ3) is 7.10. The van der Waals surface area contributed by atoms with Crippen molar-refractivity contribution in [2.75, 3.05) is 13.1 Å². The Bertz CT molecular complexity index is 302. The SMILES string of the molecule is CC(CNC(=O)OC(C)(C)C)NCC1CCCCC1O. The summed E-state index contributed by atoms with van der Waals surface area (Å²) in [5, 5.41) is 16.0. The molecule has 3 N–H and O–H groups in total. The predicted molar refractivity (Wildman–Crippen MR) is 79.7 cm³/mol. The highest BCUT2D eigenvalue weighted by molar-refractivity contribution is 5.67. The van der Waals surface area contributed by atoms with Crippen molar-refractivity contribution in [2.24, 2.45) is 5.92 Å². The fourth-order valence-corrected chi connectivity index (χ4v) is 2.40. The van der Waals surface area contributed by atoms with Crippen molar-refractivity contribution in [3.63, 3.8) is 0 Å². The maximum Gasteiger partial charge on any atom is 0.407 e. The number of carbonyl (C=O) groups is 1. The number of carbonyl (C=O) groups excluding carboxylic acids is 1. The van der Waals surface area contributed by atoms with Gasteiger partial charge in [0, 0.05) is 19.1 Å². The predicted octanol–water partition coefficient (Wildman–Crippen LogP) is 2.04. The molecule has 0 saturated heterocycles. The summed E-state index contributed by atoms with van der Waals surface area (Å²) in [7, 11) is 0. The summed E-state index contributed by atoms with van der Waals surface area (Å²) in [6, 6.07) is 0.164. The Morgan fingerprint density at radius 2 is 2.00 bits per heavy atom. The summed E-state index contributed by atoms with van der Waals surface area (Å²) in [4.78, 5) is 11.5. The molecule has 1 aliphatic rings. The number of hydrogen-bond acceptors (Lipinski definition) is 4. The van der Waals surface area contributed by atoms with Crippen molar-refractivity contribution in [3.8, 4) is 0 Å².